The molecule has 0 fully saturated rings. The minimum absolute atomic E-state index is 0.159. The first-order valence-electron chi connectivity index (χ1n) is 9.63. The molecule has 3 amide bonds. The van der Waals surface area contributed by atoms with Gasteiger partial charge in [-0.25, -0.2) is 5.48 Å². The highest BCUT2D eigenvalue weighted by molar-refractivity contribution is 6.11. The lowest BCUT2D eigenvalue weighted by atomic mass is 10.1. The minimum atomic E-state index is -0.669. The van der Waals surface area contributed by atoms with E-state index in [0.717, 1.165) is 12.0 Å². The number of aromatic nitrogens is 1. The van der Waals surface area contributed by atoms with Crippen molar-refractivity contribution in [2.45, 2.75) is 38.1 Å². The molecule has 29 heavy (non-hydrogen) atoms. The summed E-state index contributed by atoms with van der Waals surface area (Å²) >= 11 is 0. The van der Waals surface area contributed by atoms with Crippen LogP contribution in [0.25, 0.3) is 0 Å². The largest absolute Gasteiger partial charge is 0.340 e. The van der Waals surface area contributed by atoms with Gasteiger partial charge in [-0.3, -0.25) is 24.6 Å². The molecule has 0 spiro atoms. The number of rotatable bonds is 8. The molecule has 0 saturated heterocycles. The second-order valence-corrected chi connectivity index (χ2v) is 6.94. The lowest BCUT2D eigenvalue weighted by Gasteiger charge is -2.25. The van der Waals surface area contributed by atoms with E-state index in [1.54, 1.807) is 47.0 Å². The number of carbonyl (C=O) groups is 3. The van der Waals surface area contributed by atoms with Crippen molar-refractivity contribution in [3.8, 4) is 0 Å². The zero-order valence-corrected chi connectivity index (χ0v) is 16.0. The van der Waals surface area contributed by atoms with Crippen LogP contribution in [0.5, 0.6) is 0 Å². The van der Waals surface area contributed by atoms with Gasteiger partial charge < -0.3 is 10.2 Å². The van der Waals surface area contributed by atoms with E-state index in [0.29, 0.717) is 37.1 Å². The van der Waals surface area contributed by atoms with Crippen LogP contribution >= 0.6 is 0 Å². The Morgan fingerprint density at radius 3 is 2.62 bits per heavy atom. The molecule has 8 nitrogen and oxygen atoms in total. The summed E-state index contributed by atoms with van der Waals surface area (Å²) in [6.07, 6.45) is 5.93. The Bertz CT molecular complexity index is 872. The van der Waals surface area contributed by atoms with E-state index in [2.05, 4.69) is 10.3 Å². The predicted molar refractivity (Wildman–Crippen MR) is 106 cm³/mol. The van der Waals surface area contributed by atoms with Gasteiger partial charge in [-0.05, 0) is 42.7 Å². The van der Waals surface area contributed by atoms with Crippen molar-refractivity contribution in [1.29, 1.82) is 0 Å². The highest BCUT2D eigenvalue weighted by atomic mass is 16.5. The first-order valence-corrected chi connectivity index (χ1v) is 9.63. The van der Waals surface area contributed by atoms with Crippen molar-refractivity contribution >= 4 is 23.4 Å². The number of hydrogen-bond donors (Lipinski definition) is 3. The summed E-state index contributed by atoms with van der Waals surface area (Å²) in [7, 11) is 0. The molecular weight excluding hydrogens is 372 g/mol. The molecule has 1 aliphatic rings. The molecule has 1 aliphatic heterocycles. The number of para-hydroxylation sites is 1. The Kier molecular flexibility index (Phi) is 6.91. The molecule has 1 unspecified atom stereocenters. The maximum absolute atomic E-state index is 13.3. The Labute approximate surface area is 168 Å². The zero-order valence-electron chi connectivity index (χ0n) is 16.0. The van der Waals surface area contributed by atoms with E-state index >= 15 is 0 Å². The van der Waals surface area contributed by atoms with Gasteiger partial charge in [-0.2, -0.15) is 0 Å². The van der Waals surface area contributed by atoms with Crippen LogP contribution in [0.4, 0.5) is 5.69 Å². The summed E-state index contributed by atoms with van der Waals surface area (Å²) in [5.74, 6) is -0.850. The number of amides is 3. The lowest BCUT2D eigenvalue weighted by molar-refractivity contribution is -0.129. The molecule has 1 aromatic heterocycles. The lowest BCUT2D eigenvalue weighted by Crippen LogP contribution is -2.47. The number of hydroxylamine groups is 1. The summed E-state index contributed by atoms with van der Waals surface area (Å²) < 4.78 is 0. The van der Waals surface area contributed by atoms with Crippen LogP contribution in [-0.2, 0) is 16.0 Å². The first-order chi connectivity index (χ1) is 14.1. The Hall–Kier alpha value is -3.26. The third-order valence-corrected chi connectivity index (χ3v) is 4.91. The summed E-state index contributed by atoms with van der Waals surface area (Å²) in [6, 6.07) is 10.1. The second-order valence-electron chi connectivity index (χ2n) is 6.94. The molecule has 3 rings (SSSR count). The van der Waals surface area contributed by atoms with Gasteiger partial charge in [-0.15, -0.1) is 0 Å². The van der Waals surface area contributed by atoms with Crippen molar-refractivity contribution in [3.05, 3.63) is 59.9 Å². The van der Waals surface area contributed by atoms with Crippen molar-refractivity contribution in [2.75, 3.05) is 11.4 Å². The van der Waals surface area contributed by atoms with Crippen LogP contribution in [0.3, 0.4) is 0 Å². The standard InChI is InChI=1S/C21H24N4O4/c26-19(24-29)8-2-1-5-13-25-18-7-4-3-6-16(18)20(27)23-17(21(25)28)14-15-9-11-22-12-10-15/h3-4,6-7,9-12,17,29H,1-2,5,8,13-14H2,(H,23,27)(H,24,26). The van der Waals surface area contributed by atoms with Crippen molar-refractivity contribution in [3.63, 3.8) is 0 Å². The van der Waals surface area contributed by atoms with Crippen LogP contribution in [0.1, 0.15) is 41.6 Å². The fourth-order valence-corrected chi connectivity index (χ4v) is 3.42. The highest BCUT2D eigenvalue weighted by Gasteiger charge is 2.33. The minimum Gasteiger partial charge on any atom is -0.340 e. The molecule has 1 atom stereocenters. The number of anilines is 1. The Morgan fingerprint density at radius 1 is 1.10 bits per heavy atom. The number of nitrogens with one attached hydrogen (secondary N) is 2. The molecule has 0 radical (unpaired) electrons. The normalized spacial score (nSPS) is 16.0. The van der Waals surface area contributed by atoms with Crippen molar-refractivity contribution in [1.82, 2.24) is 15.8 Å². The summed E-state index contributed by atoms with van der Waals surface area (Å²) in [5, 5.41) is 11.4. The molecule has 2 heterocycles. The van der Waals surface area contributed by atoms with Gasteiger partial charge in [0.05, 0.1) is 11.3 Å². The van der Waals surface area contributed by atoms with Crippen LogP contribution in [0, 0.1) is 0 Å². The maximum atomic E-state index is 13.3. The second kappa shape index (κ2) is 9.79. The van der Waals surface area contributed by atoms with Crippen LogP contribution in [0.15, 0.2) is 48.8 Å². The summed E-state index contributed by atoms with van der Waals surface area (Å²) in [6.45, 7) is 0.443. The monoisotopic (exact) mass is 396 g/mol. The molecule has 3 N–H and O–H groups in total. The predicted octanol–water partition coefficient (Wildman–Crippen LogP) is 1.84. The molecule has 2 aromatic rings. The molecule has 8 heteroatoms. The number of pyridine rings is 1. The Balaban J connectivity index is 1.75. The molecule has 0 bridgehead atoms. The van der Waals surface area contributed by atoms with Gasteiger partial charge >= 0.3 is 0 Å². The van der Waals surface area contributed by atoms with E-state index < -0.39 is 11.9 Å². The van der Waals surface area contributed by atoms with E-state index in [1.807, 2.05) is 12.1 Å². The molecule has 152 valence electrons. The SMILES string of the molecule is O=C(CCCCCN1C(=O)C(Cc2ccncc2)NC(=O)c2ccccc21)NO. The number of nitrogens with zero attached hydrogens (tertiary/aromatic N) is 2. The number of carbonyl (C=O) groups excluding carboxylic acids is 3. The fraction of sp³-hybridized carbons (Fsp3) is 0.333. The average molecular weight is 396 g/mol. The quantitative estimate of drug-likeness (QED) is 0.358. The summed E-state index contributed by atoms with van der Waals surface area (Å²) in [4.78, 5) is 42.7. The molecule has 1 aromatic carbocycles. The Morgan fingerprint density at radius 2 is 1.86 bits per heavy atom. The van der Waals surface area contributed by atoms with Crippen LogP contribution < -0.4 is 15.7 Å². The topological polar surface area (TPSA) is 112 Å². The van der Waals surface area contributed by atoms with Crippen LogP contribution in [0.2, 0.25) is 0 Å². The van der Waals surface area contributed by atoms with Crippen molar-refractivity contribution < 1.29 is 19.6 Å². The van der Waals surface area contributed by atoms with E-state index in [-0.39, 0.29) is 18.2 Å². The number of benzene rings is 1. The van der Waals surface area contributed by atoms with E-state index in [9.17, 15) is 14.4 Å². The molecule has 0 saturated carbocycles. The average Bonchev–Trinajstić information content (AvgIpc) is 2.84. The maximum Gasteiger partial charge on any atom is 0.254 e. The van der Waals surface area contributed by atoms with E-state index in [4.69, 9.17) is 5.21 Å². The summed E-state index contributed by atoms with van der Waals surface area (Å²) in [5.41, 5.74) is 3.60. The van der Waals surface area contributed by atoms with Gasteiger partial charge in [0.15, 0.2) is 0 Å². The van der Waals surface area contributed by atoms with Crippen LogP contribution in [-0.4, -0.2) is 40.5 Å². The van der Waals surface area contributed by atoms with E-state index in [1.165, 1.54) is 0 Å². The van der Waals surface area contributed by atoms with Gasteiger partial charge in [0.1, 0.15) is 6.04 Å². The number of hydrogen-bond acceptors (Lipinski definition) is 5. The van der Waals surface area contributed by atoms with Gasteiger partial charge in [0, 0.05) is 31.8 Å². The zero-order chi connectivity index (χ0) is 20.6. The van der Waals surface area contributed by atoms with Gasteiger partial charge in [0.2, 0.25) is 11.8 Å². The third-order valence-electron chi connectivity index (χ3n) is 4.91. The smallest absolute Gasteiger partial charge is 0.254 e. The van der Waals surface area contributed by atoms with Gasteiger partial charge in [0.25, 0.3) is 5.91 Å². The van der Waals surface area contributed by atoms with Gasteiger partial charge in [-0.1, -0.05) is 18.6 Å². The fourth-order valence-electron chi connectivity index (χ4n) is 3.42. The third kappa shape index (κ3) is 5.17. The molecule has 0 aliphatic carbocycles. The van der Waals surface area contributed by atoms with Crippen molar-refractivity contribution in [2.24, 2.45) is 0 Å². The number of unbranched alkanes of at least 4 members (excludes halogenated alkanes) is 2. The number of fused-ring (bicyclic) bond motifs is 1. The highest BCUT2D eigenvalue weighted by Crippen LogP contribution is 2.25. The first kappa shape index (κ1) is 20.5. The molecular formula is C21H24N4O4.